The summed E-state index contributed by atoms with van der Waals surface area (Å²) in [5, 5.41) is 0.558. The fourth-order valence-electron chi connectivity index (χ4n) is 3.35. The molecular formula is C21H23N3O2S. The number of rotatable bonds is 5. The summed E-state index contributed by atoms with van der Waals surface area (Å²) in [5.41, 5.74) is 4.22. The second-order valence-electron chi connectivity index (χ2n) is 6.88. The molecule has 2 heterocycles. The molecule has 0 spiro atoms. The lowest BCUT2D eigenvalue weighted by atomic mass is 10.1. The van der Waals surface area contributed by atoms with Gasteiger partial charge in [0.2, 0.25) is 5.91 Å². The lowest BCUT2D eigenvalue weighted by Crippen LogP contribution is -2.48. The third-order valence-electron chi connectivity index (χ3n) is 4.81. The number of para-hydroxylation sites is 2. The first-order valence-electron chi connectivity index (χ1n) is 9.21. The molecule has 2 aromatic carbocycles. The van der Waals surface area contributed by atoms with Crippen molar-refractivity contribution in [1.29, 1.82) is 0 Å². The van der Waals surface area contributed by atoms with Crippen LogP contribution in [0.2, 0.25) is 0 Å². The first-order chi connectivity index (χ1) is 13.2. The molecule has 3 aromatic rings. The summed E-state index contributed by atoms with van der Waals surface area (Å²) in [6.45, 7) is 6.44. The van der Waals surface area contributed by atoms with E-state index in [-0.39, 0.29) is 5.91 Å². The van der Waals surface area contributed by atoms with Gasteiger partial charge in [0.25, 0.3) is 5.22 Å². The molecule has 0 unspecified atom stereocenters. The van der Waals surface area contributed by atoms with Gasteiger partial charge < -0.3 is 9.32 Å². The fourth-order valence-corrected chi connectivity index (χ4v) is 4.09. The molecule has 0 saturated carbocycles. The molecule has 5 nitrogen and oxygen atoms in total. The molecule has 0 atom stereocenters. The van der Waals surface area contributed by atoms with Crippen LogP contribution in [0.4, 0.5) is 0 Å². The molecule has 1 aliphatic heterocycles. The molecular weight excluding hydrogens is 358 g/mol. The van der Waals surface area contributed by atoms with E-state index in [0.717, 1.165) is 43.8 Å². The highest BCUT2D eigenvalue weighted by Gasteiger charge is 2.21. The van der Waals surface area contributed by atoms with Gasteiger partial charge in [0, 0.05) is 32.7 Å². The van der Waals surface area contributed by atoms with E-state index < -0.39 is 0 Å². The number of carbonyl (C=O) groups is 1. The average molecular weight is 382 g/mol. The van der Waals surface area contributed by atoms with Gasteiger partial charge >= 0.3 is 0 Å². The van der Waals surface area contributed by atoms with Crippen molar-refractivity contribution in [3.8, 4) is 0 Å². The number of hydrogen-bond acceptors (Lipinski definition) is 5. The number of benzene rings is 2. The van der Waals surface area contributed by atoms with Gasteiger partial charge in [-0.25, -0.2) is 4.98 Å². The lowest BCUT2D eigenvalue weighted by Gasteiger charge is -2.34. The van der Waals surface area contributed by atoms with Crippen LogP contribution in [0, 0.1) is 6.92 Å². The highest BCUT2D eigenvalue weighted by atomic mass is 32.2. The zero-order valence-corrected chi connectivity index (χ0v) is 16.2. The molecule has 140 valence electrons. The van der Waals surface area contributed by atoms with Crippen molar-refractivity contribution in [2.24, 2.45) is 0 Å². The number of fused-ring (bicyclic) bond motifs is 1. The molecule has 1 aromatic heterocycles. The second-order valence-corrected chi connectivity index (χ2v) is 7.81. The van der Waals surface area contributed by atoms with Crippen LogP contribution in [0.3, 0.4) is 0 Å². The zero-order valence-electron chi connectivity index (χ0n) is 15.4. The predicted molar refractivity (Wildman–Crippen MR) is 108 cm³/mol. The first kappa shape index (κ1) is 18.1. The Kier molecular flexibility index (Phi) is 5.45. The van der Waals surface area contributed by atoms with Crippen LogP contribution in [0.1, 0.15) is 11.1 Å². The number of thioether (sulfide) groups is 1. The Morgan fingerprint density at radius 2 is 1.93 bits per heavy atom. The number of oxazole rings is 1. The van der Waals surface area contributed by atoms with Crippen molar-refractivity contribution in [2.45, 2.75) is 18.7 Å². The Morgan fingerprint density at radius 1 is 1.11 bits per heavy atom. The fraction of sp³-hybridized carbons (Fsp3) is 0.333. The van der Waals surface area contributed by atoms with Gasteiger partial charge in [-0.3, -0.25) is 9.69 Å². The first-order valence-corrected chi connectivity index (χ1v) is 10.2. The minimum Gasteiger partial charge on any atom is -0.431 e. The smallest absolute Gasteiger partial charge is 0.257 e. The number of amides is 1. The Morgan fingerprint density at radius 3 is 2.70 bits per heavy atom. The Hall–Kier alpha value is -2.31. The van der Waals surface area contributed by atoms with Crippen LogP contribution in [-0.4, -0.2) is 52.6 Å². The van der Waals surface area contributed by atoms with Gasteiger partial charge in [-0.15, -0.1) is 0 Å². The maximum atomic E-state index is 12.5. The maximum Gasteiger partial charge on any atom is 0.257 e. The second kappa shape index (κ2) is 8.15. The molecule has 0 bridgehead atoms. The average Bonchev–Trinajstić information content (AvgIpc) is 3.10. The van der Waals surface area contributed by atoms with Crippen LogP contribution >= 0.6 is 11.8 Å². The molecule has 1 saturated heterocycles. The van der Waals surface area contributed by atoms with E-state index in [1.54, 1.807) is 0 Å². The molecule has 1 fully saturated rings. The maximum absolute atomic E-state index is 12.5. The highest BCUT2D eigenvalue weighted by molar-refractivity contribution is 7.99. The summed E-state index contributed by atoms with van der Waals surface area (Å²) in [7, 11) is 0. The predicted octanol–water partition coefficient (Wildman–Crippen LogP) is 3.57. The van der Waals surface area contributed by atoms with Crippen molar-refractivity contribution in [3.05, 3.63) is 59.7 Å². The largest absolute Gasteiger partial charge is 0.431 e. The Labute approximate surface area is 163 Å². The number of carbonyl (C=O) groups excluding carboxylic acids is 1. The van der Waals surface area contributed by atoms with Gasteiger partial charge in [-0.1, -0.05) is 53.7 Å². The van der Waals surface area contributed by atoms with Crippen molar-refractivity contribution >= 4 is 28.8 Å². The van der Waals surface area contributed by atoms with Crippen LogP contribution in [-0.2, 0) is 11.3 Å². The van der Waals surface area contributed by atoms with E-state index in [2.05, 4.69) is 41.1 Å². The summed E-state index contributed by atoms with van der Waals surface area (Å²) in [6.07, 6.45) is 0. The zero-order chi connectivity index (χ0) is 18.6. The third kappa shape index (κ3) is 4.51. The summed E-state index contributed by atoms with van der Waals surface area (Å²) in [5.74, 6) is 0.516. The number of aromatic nitrogens is 1. The molecule has 1 aliphatic rings. The van der Waals surface area contributed by atoms with Crippen molar-refractivity contribution in [1.82, 2.24) is 14.8 Å². The Bertz CT molecular complexity index is 899. The van der Waals surface area contributed by atoms with Gasteiger partial charge in [-0.2, -0.15) is 0 Å². The van der Waals surface area contributed by atoms with E-state index >= 15 is 0 Å². The number of piperazine rings is 1. The van der Waals surface area contributed by atoms with Crippen LogP contribution in [0.25, 0.3) is 11.1 Å². The van der Waals surface area contributed by atoms with E-state index in [0.29, 0.717) is 11.0 Å². The lowest BCUT2D eigenvalue weighted by molar-refractivity contribution is -0.130. The number of hydrogen-bond donors (Lipinski definition) is 0. The van der Waals surface area contributed by atoms with Gasteiger partial charge in [-0.05, 0) is 24.6 Å². The summed E-state index contributed by atoms with van der Waals surface area (Å²) in [6, 6.07) is 16.3. The van der Waals surface area contributed by atoms with Crippen molar-refractivity contribution < 1.29 is 9.21 Å². The molecule has 0 radical (unpaired) electrons. The monoisotopic (exact) mass is 381 g/mol. The number of nitrogens with zero attached hydrogens (tertiary/aromatic N) is 3. The normalized spacial score (nSPS) is 15.4. The van der Waals surface area contributed by atoms with Crippen LogP contribution in [0.5, 0.6) is 0 Å². The van der Waals surface area contributed by atoms with Gasteiger partial charge in [0.1, 0.15) is 5.52 Å². The molecule has 1 amide bonds. The van der Waals surface area contributed by atoms with E-state index in [4.69, 9.17) is 4.42 Å². The van der Waals surface area contributed by atoms with Crippen LogP contribution in [0.15, 0.2) is 58.2 Å². The topological polar surface area (TPSA) is 49.6 Å². The SMILES string of the molecule is Cc1cccc(CN2CCN(C(=O)CSc3nc4ccccc4o3)CC2)c1. The quantitative estimate of drug-likeness (QED) is 0.633. The van der Waals surface area contributed by atoms with E-state index in [9.17, 15) is 4.79 Å². The van der Waals surface area contributed by atoms with Gasteiger partial charge in [0.15, 0.2) is 5.58 Å². The van der Waals surface area contributed by atoms with Crippen molar-refractivity contribution in [3.63, 3.8) is 0 Å². The minimum absolute atomic E-state index is 0.150. The van der Waals surface area contributed by atoms with Gasteiger partial charge in [0.05, 0.1) is 5.75 Å². The third-order valence-corrected chi connectivity index (χ3v) is 5.62. The van der Waals surface area contributed by atoms with E-state index in [1.807, 2.05) is 29.2 Å². The van der Waals surface area contributed by atoms with Crippen molar-refractivity contribution in [2.75, 3.05) is 31.9 Å². The van der Waals surface area contributed by atoms with Crippen LogP contribution < -0.4 is 0 Å². The van der Waals surface area contributed by atoms with E-state index in [1.165, 1.54) is 22.9 Å². The summed E-state index contributed by atoms with van der Waals surface area (Å²) < 4.78 is 5.67. The minimum atomic E-state index is 0.150. The Balaban J connectivity index is 1.25. The summed E-state index contributed by atoms with van der Waals surface area (Å²) in [4.78, 5) is 21.3. The standard InChI is InChI=1S/C21H23N3O2S/c1-16-5-4-6-17(13-16)14-23-9-11-24(12-10-23)20(25)15-27-21-22-18-7-2-3-8-19(18)26-21/h2-8,13H,9-12,14-15H2,1H3. The molecule has 27 heavy (non-hydrogen) atoms. The molecule has 0 aliphatic carbocycles. The number of aryl methyl sites for hydroxylation is 1. The molecule has 6 heteroatoms. The molecule has 4 rings (SSSR count). The molecule has 0 N–H and O–H groups in total. The highest BCUT2D eigenvalue weighted by Crippen LogP contribution is 2.23. The summed E-state index contributed by atoms with van der Waals surface area (Å²) >= 11 is 1.37.